The van der Waals surface area contributed by atoms with Gasteiger partial charge in [-0.2, -0.15) is 0 Å². The molecule has 0 unspecified atom stereocenters. The molecule has 0 aromatic carbocycles. The summed E-state index contributed by atoms with van der Waals surface area (Å²) in [5, 5.41) is 17.2. The fourth-order valence-electron chi connectivity index (χ4n) is 0.445. The van der Waals surface area contributed by atoms with Crippen molar-refractivity contribution in [3.05, 3.63) is 0 Å². The summed E-state index contributed by atoms with van der Waals surface area (Å²) in [5.41, 5.74) is 0. The van der Waals surface area contributed by atoms with E-state index in [1.54, 1.807) is 6.92 Å². The van der Waals surface area contributed by atoms with E-state index in [0.29, 0.717) is 6.42 Å². The highest BCUT2D eigenvalue weighted by atomic mass is 16.3. The van der Waals surface area contributed by atoms with E-state index in [1.807, 2.05) is 6.92 Å². The van der Waals surface area contributed by atoms with Crippen LogP contribution in [0.4, 0.5) is 0 Å². The number of rotatable bonds is 3. The highest BCUT2D eigenvalue weighted by Crippen LogP contribution is 2.05. The molecule has 2 heteroatoms. The standard InChI is InChI=1S/C6H14O2/c1-5(3-4-7)6(2)8/h5-8H,3-4H2,1-2H3/t5-,6+/m0/s1. The van der Waals surface area contributed by atoms with Crippen LogP contribution < -0.4 is 0 Å². The Kier molecular flexibility index (Phi) is 3.83. The lowest BCUT2D eigenvalue weighted by Gasteiger charge is -2.11. The Morgan fingerprint density at radius 3 is 2.00 bits per heavy atom. The van der Waals surface area contributed by atoms with E-state index in [9.17, 15) is 0 Å². The van der Waals surface area contributed by atoms with Gasteiger partial charge in [-0.1, -0.05) is 6.92 Å². The fraction of sp³-hybridized carbons (Fsp3) is 1.00. The average molecular weight is 118 g/mol. The van der Waals surface area contributed by atoms with Crippen molar-refractivity contribution in [3.8, 4) is 0 Å². The summed E-state index contributed by atoms with van der Waals surface area (Å²) in [4.78, 5) is 0. The van der Waals surface area contributed by atoms with Crippen molar-refractivity contribution in [1.29, 1.82) is 0 Å². The molecule has 0 aromatic heterocycles. The van der Waals surface area contributed by atoms with Crippen molar-refractivity contribution < 1.29 is 10.2 Å². The summed E-state index contributed by atoms with van der Waals surface area (Å²) in [6, 6.07) is 0. The molecule has 0 fully saturated rings. The molecule has 0 amide bonds. The van der Waals surface area contributed by atoms with Gasteiger partial charge in [0.05, 0.1) is 6.10 Å². The summed E-state index contributed by atoms with van der Waals surface area (Å²) in [6.07, 6.45) is 0.402. The first kappa shape index (κ1) is 7.92. The molecule has 0 spiro atoms. The Morgan fingerprint density at radius 2 is 1.88 bits per heavy atom. The smallest absolute Gasteiger partial charge is 0.0538 e. The first-order valence-electron chi connectivity index (χ1n) is 2.97. The Balaban J connectivity index is 3.17. The van der Waals surface area contributed by atoms with E-state index in [0.717, 1.165) is 0 Å². The van der Waals surface area contributed by atoms with Gasteiger partial charge in [0.25, 0.3) is 0 Å². The highest BCUT2D eigenvalue weighted by Gasteiger charge is 2.05. The van der Waals surface area contributed by atoms with Crippen molar-refractivity contribution >= 4 is 0 Å². The molecule has 2 N–H and O–H groups in total. The quantitative estimate of drug-likeness (QED) is 0.562. The predicted molar refractivity (Wildman–Crippen MR) is 32.5 cm³/mol. The molecule has 0 aliphatic rings. The maximum absolute atomic E-state index is 8.84. The van der Waals surface area contributed by atoms with Crippen LogP contribution in [0.15, 0.2) is 0 Å². The lowest BCUT2D eigenvalue weighted by Crippen LogP contribution is -2.13. The summed E-state index contributed by atoms with van der Waals surface area (Å²) in [7, 11) is 0. The molecule has 0 aliphatic heterocycles. The number of hydrogen-bond acceptors (Lipinski definition) is 2. The first-order valence-corrected chi connectivity index (χ1v) is 2.97. The van der Waals surface area contributed by atoms with Crippen LogP contribution in [-0.2, 0) is 0 Å². The molecule has 8 heavy (non-hydrogen) atoms. The van der Waals surface area contributed by atoms with Gasteiger partial charge in [0.2, 0.25) is 0 Å². The van der Waals surface area contributed by atoms with E-state index < -0.39 is 0 Å². The highest BCUT2D eigenvalue weighted by molar-refractivity contribution is 4.56. The van der Waals surface area contributed by atoms with Crippen LogP contribution in [0.2, 0.25) is 0 Å². The van der Waals surface area contributed by atoms with Crippen LogP contribution >= 0.6 is 0 Å². The summed E-state index contributed by atoms with van der Waals surface area (Å²) >= 11 is 0. The van der Waals surface area contributed by atoms with Gasteiger partial charge < -0.3 is 10.2 Å². The minimum Gasteiger partial charge on any atom is -0.396 e. The Hall–Kier alpha value is -0.0800. The Bertz CT molecular complexity index is 52.5. The van der Waals surface area contributed by atoms with Crippen molar-refractivity contribution in [1.82, 2.24) is 0 Å². The lowest BCUT2D eigenvalue weighted by atomic mass is 10.0. The summed E-state index contributed by atoms with van der Waals surface area (Å²) in [5.74, 6) is 0.222. The van der Waals surface area contributed by atoms with Crippen molar-refractivity contribution in [3.63, 3.8) is 0 Å². The zero-order valence-electron chi connectivity index (χ0n) is 5.46. The zero-order chi connectivity index (χ0) is 6.57. The van der Waals surface area contributed by atoms with Crippen LogP contribution in [0.5, 0.6) is 0 Å². The van der Waals surface area contributed by atoms with E-state index >= 15 is 0 Å². The Labute approximate surface area is 50.2 Å². The monoisotopic (exact) mass is 118 g/mol. The fourth-order valence-corrected chi connectivity index (χ4v) is 0.445. The Morgan fingerprint density at radius 1 is 1.38 bits per heavy atom. The van der Waals surface area contributed by atoms with Gasteiger partial charge in [0.15, 0.2) is 0 Å². The molecular weight excluding hydrogens is 104 g/mol. The van der Waals surface area contributed by atoms with Crippen LogP contribution in [0.25, 0.3) is 0 Å². The SMILES string of the molecule is C[C@@H](O)[C@@H](C)CCO. The molecule has 2 nitrogen and oxygen atoms in total. The van der Waals surface area contributed by atoms with Crippen molar-refractivity contribution in [2.45, 2.75) is 26.4 Å². The largest absolute Gasteiger partial charge is 0.396 e. The molecule has 0 heterocycles. The first-order chi connectivity index (χ1) is 3.68. The maximum Gasteiger partial charge on any atom is 0.0538 e. The van der Waals surface area contributed by atoms with Crippen LogP contribution in [0.1, 0.15) is 20.3 Å². The number of aliphatic hydroxyl groups is 2. The maximum atomic E-state index is 8.84. The topological polar surface area (TPSA) is 40.5 Å². The minimum absolute atomic E-state index is 0.173. The van der Waals surface area contributed by atoms with Crippen LogP contribution in [0, 0.1) is 5.92 Å². The third kappa shape index (κ3) is 2.99. The second-order valence-corrected chi connectivity index (χ2v) is 2.23. The number of hydrogen-bond donors (Lipinski definition) is 2. The molecule has 0 aromatic rings. The molecule has 0 aliphatic carbocycles. The molecule has 0 radical (unpaired) electrons. The molecule has 0 rings (SSSR count). The van der Waals surface area contributed by atoms with Crippen molar-refractivity contribution in [2.75, 3.05) is 6.61 Å². The van der Waals surface area contributed by atoms with Crippen LogP contribution in [-0.4, -0.2) is 22.9 Å². The van der Waals surface area contributed by atoms with Gasteiger partial charge >= 0.3 is 0 Å². The second kappa shape index (κ2) is 3.87. The predicted octanol–water partition coefficient (Wildman–Crippen LogP) is 0.386. The van der Waals surface area contributed by atoms with Gasteiger partial charge in [-0.3, -0.25) is 0 Å². The molecular formula is C6H14O2. The van der Waals surface area contributed by atoms with Gasteiger partial charge in [-0.15, -0.1) is 0 Å². The van der Waals surface area contributed by atoms with E-state index in [-0.39, 0.29) is 18.6 Å². The third-order valence-electron chi connectivity index (χ3n) is 1.41. The van der Waals surface area contributed by atoms with E-state index in [1.165, 1.54) is 0 Å². The second-order valence-electron chi connectivity index (χ2n) is 2.23. The summed E-state index contributed by atoms with van der Waals surface area (Å²) in [6.45, 7) is 3.83. The third-order valence-corrected chi connectivity index (χ3v) is 1.41. The molecule has 50 valence electrons. The van der Waals surface area contributed by atoms with E-state index in [4.69, 9.17) is 10.2 Å². The lowest BCUT2D eigenvalue weighted by molar-refractivity contribution is 0.115. The minimum atomic E-state index is -0.290. The summed E-state index contributed by atoms with van der Waals surface area (Å²) < 4.78 is 0. The van der Waals surface area contributed by atoms with E-state index in [2.05, 4.69) is 0 Å². The molecule has 0 saturated heterocycles. The average Bonchev–Trinajstić information content (AvgIpc) is 1.67. The zero-order valence-corrected chi connectivity index (χ0v) is 5.46. The van der Waals surface area contributed by atoms with Gasteiger partial charge in [-0.05, 0) is 19.3 Å². The van der Waals surface area contributed by atoms with Gasteiger partial charge in [-0.25, -0.2) is 0 Å². The van der Waals surface area contributed by atoms with Gasteiger partial charge in [0.1, 0.15) is 0 Å². The molecule has 0 bridgehead atoms. The molecule has 0 saturated carbocycles. The normalized spacial score (nSPS) is 18.0. The van der Waals surface area contributed by atoms with Crippen molar-refractivity contribution in [2.24, 2.45) is 5.92 Å². The van der Waals surface area contributed by atoms with Gasteiger partial charge in [0, 0.05) is 6.61 Å². The molecule has 2 atom stereocenters. The van der Waals surface area contributed by atoms with Crippen LogP contribution in [0.3, 0.4) is 0 Å². The number of aliphatic hydroxyl groups excluding tert-OH is 2.